The highest BCUT2D eigenvalue weighted by atomic mass is 32.1. The summed E-state index contributed by atoms with van der Waals surface area (Å²) in [4.78, 5) is 13.4. The van der Waals surface area contributed by atoms with Crippen molar-refractivity contribution < 1.29 is 9.53 Å². The smallest absolute Gasteiger partial charge is 0.407 e. The zero-order chi connectivity index (χ0) is 17.0. The van der Waals surface area contributed by atoms with Gasteiger partial charge in [0.25, 0.3) is 0 Å². The highest BCUT2D eigenvalue weighted by Crippen LogP contribution is 2.42. The molecule has 0 saturated heterocycles. The van der Waals surface area contributed by atoms with Crippen LogP contribution in [0.5, 0.6) is 0 Å². The molecule has 2 N–H and O–H groups in total. The molecule has 0 radical (unpaired) electrons. The summed E-state index contributed by atoms with van der Waals surface area (Å²) < 4.78 is 5.38. The highest BCUT2D eigenvalue weighted by molar-refractivity contribution is 7.10. The lowest BCUT2D eigenvalue weighted by atomic mass is 10.0. The fourth-order valence-corrected chi connectivity index (χ4v) is 3.46. The van der Waals surface area contributed by atoms with E-state index in [1.54, 1.807) is 11.3 Å². The van der Waals surface area contributed by atoms with Crippen LogP contribution in [0.3, 0.4) is 0 Å². The van der Waals surface area contributed by atoms with Gasteiger partial charge >= 0.3 is 6.09 Å². The number of hydrogen-bond donors (Lipinski definition) is 2. The van der Waals surface area contributed by atoms with E-state index in [2.05, 4.69) is 42.0 Å². The Hall–Kier alpha value is -1.07. The molecule has 1 aromatic rings. The van der Waals surface area contributed by atoms with Crippen LogP contribution in [-0.4, -0.2) is 24.3 Å². The first-order valence-corrected chi connectivity index (χ1v) is 9.40. The summed E-state index contributed by atoms with van der Waals surface area (Å²) >= 11 is 1.81. The van der Waals surface area contributed by atoms with E-state index in [9.17, 15) is 4.79 Å². The Balaban J connectivity index is 1.90. The van der Waals surface area contributed by atoms with Gasteiger partial charge < -0.3 is 15.4 Å². The maximum atomic E-state index is 12.0. The summed E-state index contributed by atoms with van der Waals surface area (Å²) in [7, 11) is 0. The molecule has 2 unspecified atom stereocenters. The molecule has 23 heavy (non-hydrogen) atoms. The molecule has 1 fully saturated rings. The molecule has 130 valence electrons. The zero-order valence-electron chi connectivity index (χ0n) is 14.9. The molecule has 1 saturated carbocycles. The molecule has 1 amide bonds. The molecule has 0 aromatic carbocycles. The standard InChI is InChI=1S/C18H30N2O2S/c1-12(2)14(20-17(21)22-18(3,4)5)11-19-16(13-8-9-13)15-7-6-10-23-15/h6-7,10,12-14,16,19H,8-9,11H2,1-5H3,(H,20,21). The average molecular weight is 339 g/mol. The van der Waals surface area contributed by atoms with E-state index < -0.39 is 5.60 Å². The van der Waals surface area contributed by atoms with Crippen molar-refractivity contribution in [3.63, 3.8) is 0 Å². The van der Waals surface area contributed by atoms with Gasteiger partial charge in [-0.15, -0.1) is 11.3 Å². The largest absolute Gasteiger partial charge is 0.444 e. The Morgan fingerprint density at radius 3 is 2.57 bits per heavy atom. The molecule has 5 heteroatoms. The van der Waals surface area contributed by atoms with Crippen LogP contribution in [0.25, 0.3) is 0 Å². The second kappa shape index (κ2) is 7.67. The van der Waals surface area contributed by atoms with Gasteiger partial charge in [-0.05, 0) is 56.9 Å². The van der Waals surface area contributed by atoms with Crippen molar-refractivity contribution in [3.05, 3.63) is 22.4 Å². The molecule has 2 rings (SSSR count). The van der Waals surface area contributed by atoms with Crippen molar-refractivity contribution in [2.24, 2.45) is 11.8 Å². The van der Waals surface area contributed by atoms with Crippen LogP contribution in [0.4, 0.5) is 4.79 Å². The summed E-state index contributed by atoms with van der Waals surface area (Å²) in [6.07, 6.45) is 2.25. The third-order valence-corrected chi connectivity index (χ3v) is 4.96. The molecule has 1 aliphatic rings. The van der Waals surface area contributed by atoms with E-state index in [-0.39, 0.29) is 12.1 Å². The number of alkyl carbamates (subject to hydrolysis) is 1. The van der Waals surface area contributed by atoms with E-state index in [1.165, 1.54) is 17.7 Å². The van der Waals surface area contributed by atoms with Gasteiger partial charge in [-0.25, -0.2) is 4.79 Å². The van der Waals surface area contributed by atoms with Crippen molar-refractivity contribution >= 4 is 17.4 Å². The van der Waals surface area contributed by atoms with E-state index in [0.29, 0.717) is 12.0 Å². The Morgan fingerprint density at radius 1 is 1.39 bits per heavy atom. The van der Waals surface area contributed by atoms with Crippen molar-refractivity contribution in [2.75, 3.05) is 6.54 Å². The fraction of sp³-hybridized carbons (Fsp3) is 0.722. The van der Waals surface area contributed by atoms with Gasteiger partial charge in [-0.3, -0.25) is 0 Å². The van der Waals surface area contributed by atoms with Crippen LogP contribution in [0, 0.1) is 11.8 Å². The molecule has 0 aliphatic heterocycles. The number of thiophene rings is 1. The van der Waals surface area contributed by atoms with E-state index in [1.807, 2.05) is 20.8 Å². The van der Waals surface area contributed by atoms with E-state index in [0.717, 1.165) is 12.5 Å². The number of carbonyl (C=O) groups excluding carboxylic acids is 1. The minimum absolute atomic E-state index is 0.0612. The first-order chi connectivity index (χ1) is 10.8. The third kappa shape index (κ3) is 6.15. The number of rotatable bonds is 7. The lowest BCUT2D eigenvalue weighted by molar-refractivity contribution is 0.0489. The summed E-state index contributed by atoms with van der Waals surface area (Å²) in [5.74, 6) is 1.08. The molecule has 0 bridgehead atoms. The van der Waals surface area contributed by atoms with Crippen molar-refractivity contribution in [1.82, 2.24) is 10.6 Å². The molecule has 0 spiro atoms. The van der Waals surface area contributed by atoms with Gasteiger partial charge in [0.05, 0.1) is 0 Å². The second-order valence-corrected chi connectivity index (χ2v) is 8.71. The second-order valence-electron chi connectivity index (χ2n) is 7.74. The van der Waals surface area contributed by atoms with Gasteiger partial charge in [0.2, 0.25) is 0 Å². The molecule has 4 nitrogen and oxygen atoms in total. The summed E-state index contributed by atoms with van der Waals surface area (Å²) in [5, 5.41) is 8.82. The lowest BCUT2D eigenvalue weighted by Gasteiger charge is -2.28. The number of carbonyl (C=O) groups is 1. The minimum Gasteiger partial charge on any atom is -0.444 e. The van der Waals surface area contributed by atoms with E-state index >= 15 is 0 Å². The number of hydrogen-bond acceptors (Lipinski definition) is 4. The van der Waals surface area contributed by atoms with Gasteiger partial charge in [-0.2, -0.15) is 0 Å². The average Bonchev–Trinajstić information content (AvgIpc) is 3.10. The molecule has 2 atom stereocenters. The first kappa shape index (κ1) is 18.3. The molecular weight excluding hydrogens is 308 g/mol. The van der Waals surface area contributed by atoms with Crippen LogP contribution in [-0.2, 0) is 4.74 Å². The first-order valence-electron chi connectivity index (χ1n) is 8.52. The fourth-order valence-electron chi connectivity index (χ4n) is 2.56. The molecule has 1 heterocycles. The monoisotopic (exact) mass is 338 g/mol. The predicted molar refractivity (Wildman–Crippen MR) is 95.8 cm³/mol. The van der Waals surface area contributed by atoms with Gasteiger partial charge in [-0.1, -0.05) is 19.9 Å². The van der Waals surface area contributed by atoms with Gasteiger partial charge in [0, 0.05) is 23.5 Å². The van der Waals surface area contributed by atoms with Crippen LogP contribution in [0.2, 0.25) is 0 Å². The summed E-state index contributed by atoms with van der Waals surface area (Å²) in [6.45, 7) is 10.7. The quantitative estimate of drug-likeness (QED) is 0.777. The highest BCUT2D eigenvalue weighted by Gasteiger charge is 2.33. The lowest BCUT2D eigenvalue weighted by Crippen LogP contribution is -2.47. The topological polar surface area (TPSA) is 50.4 Å². The number of amides is 1. The van der Waals surface area contributed by atoms with Crippen LogP contribution in [0.1, 0.15) is 58.4 Å². The summed E-state index contributed by atoms with van der Waals surface area (Å²) in [6, 6.07) is 4.78. The third-order valence-electron chi connectivity index (χ3n) is 4.01. The van der Waals surface area contributed by atoms with Crippen molar-refractivity contribution in [3.8, 4) is 0 Å². The Kier molecular flexibility index (Phi) is 6.09. The van der Waals surface area contributed by atoms with Crippen molar-refractivity contribution in [1.29, 1.82) is 0 Å². The zero-order valence-corrected chi connectivity index (χ0v) is 15.7. The Labute approximate surface area is 144 Å². The van der Waals surface area contributed by atoms with E-state index in [4.69, 9.17) is 4.74 Å². The Morgan fingerprint density at radius 2 is 2.09 bits per heavy atom. The predicted octanol–water partition coefficient (Wildman–Crippen LogP) is 4.34. The number of ether oxygens (including phenoxy) is 1. The normalized spacial score (nSPS) is 17.8. The van der Waals surface area contributed by atoms with Crippen LogP contribution < -0.4 is 10.6 Å². The molecule has 1 aromatic heterocycles. The Bertz CT molecular complexity index is 490. The summed E-state index contributed by atoms with van der Waals surface area (Å²) in [5.41, 5.74) is -0.466. The minimum atomic E-state index is -0.466. The SMILES string of the molecule is CC(C)C(CNC(c1cccs1)C1CC1)NC(=O)OC(C)(C)C. The van der Waals surface area contributed by atoms with Gasteiger partial charge in [0.1, 0.15) is 5.60 Å². The molecular formula is C18H30N2O2S. The maximum absolute atomic E-state index is 12.0. The van der Waals surface area contributed by atoms with Crippen LogP contribution in [0.15, 0.2) is 17.5 Å². The van der Waals surface area contributed by atoms with Crippen molar-refractivity contribution in [2.45, 2.75) is 65.1 Å². The number of nitrogens with one attached hydrogen (secondary N) is 2. The van der Waals surface area contributed by atoms with Crippen LogP contribution >= 0.6 is 11.3 Å². The van der Waals surface area contributed by atoms with Gasteiger partial charge in [0.15, 0.2) is 0 Å². The molecule has 1 aliphatic carbocycles. The maximum Gasteiger partial charge on any atom is 0.407 e.